The van der Waals surface area contributed by atoms with Crippen molar-refractivity contribution in [3.8, 4) is 11.4 Å². The lowest BCUT2D eigenvalue weighted by Crippen LogP contribution is -2.18. The Kier molecular flexibility index (Phi) is 4.18. The average molecular weight is 542 g/mol. The molecule has 1 atom stereocenters. The third-order valence-corrected chi connectivity index (χ3v) is 8.76. The van der Waals surface area contributed by atoms with Gasteiger partial charge in [-0.25, -0.2) is 0 Å². The first-order valence-electron chi connectivity index (χ1n) is 14.2. The van der Waals surface area contributed by atoms with Crippen LogP contribution in [0.15, 0.2) is 132 Å². The summed E-state index contributed by atoms with van der Waals surface area (Å²) >= 11 is 0. The molecular formula is C37H23N3O2. The summed E-state index contributed by atoms with van der Waals surface area (Å²) in [6.07, 6.45) is -0.415. The smallest absolute Gasteiger partial charge is 0.255 e. The summed E-state index contributed by atoms with van der Waals surface area (Å²) in [5, 5.41) is 10.7. The molecule has 0 saturated heterocycles. The van der Waals surface area contributed by atoms with Crippen LogP contribution in [0.25, 0.3) is 71.2 Å². The summed E-state index contributed by atoms with van der Waals surface area (Å²) in [5.41, 5.74) is 8.47. The van der Waals surface area contributed by atoms with Crippen molar-refractivity contribution in [2.75, 3.05) is 5.32 Å². The monoisotopic (exact) mass is 541 g/mol. The zero-order valence-corrected chi connectivity index (χ0v) is 22.4. The van der Waals surface area contributed by atoms with Gasteiger partial charge in [0.1, 0.15) is 16.9 Å². The summed E-state index contributed by atoms with van der Waals surface area (Å²) < 4.78 is 17.5. The first kappa shape index (κ1) is 22.1. The predicted octanol–water partition coefficient (Wildman–Crippen LogP) is 9.75. The van der Waals surface area contributed by atoms with Crippen molar-refractivity contribution in [3.05, 3.63) is 127 Å². The van der Waals surface area contributed by atoms with E-state index in [1.165, 1.54) is 32.6 Å². The topological polar surface area (TPSA) is 44.3 Å². The zero-order valence-electron chi connectivity index (χ0n) is 22.4. The van der Waals surface area contributed by atoms with Gasteiger partial charge in [-0.05, 0) is 54.6 Å². The van der Waals surface area contributed by atoms with E-state index in [4.69, 9.17) is 9.15 Å². The summed E-state index contributed by atoms with van der Waals surface area (Å²) in [5.74, 6) is 0.826. The van der Waals surface area contributed by atoms with Crippen LogP contribution >= 0.6 is 0 Å². The van der Waals surface area contributed by atoms with E-state index >= 15 is 0 Å². The average Bonchev–Trinajstić information content (AvgIpc) is 3.79. The molecule has 6 aromatic carbocycles. The van der Waals surface area contributed by atoms with Gasteiger partial charge in [0.25, 0.3) is 6.35 Å². The number of nitrogens with zero attached hydrogens (tertiary/aromatic N) is 2. The first-order valence-corrected chi connectivity index (χ1v) is 14.2. The van der Waals surface area contributed by atoms with Crippen molar-refractivity contribution >= 4 is 71.2 Å². The highest BCUT2D eigenvalue weighted by Gasteiger charge is 2.30. The van der Waals surface area contributed by atoms with Crippen molar-refractivity contribution < 1.29 is 9.15 Å². The fourth-order valence-corrected chi connectivity index (χ4v) is 7.00. The fraction of sp³-hybridized carbons (Fsp3) is 0.0270. The number of nitrogens with one attached hydrogen (secondary N) is 1. The summed E-state index contributed by atoms with van der Waals surface area (Å²) in [7, 11) is 0. The highest BCUT2D eigenvalue weighted by atomic mass is 16.5. The fourth-order valence-electron chi connectivity index (χ4n) is 7.00. The van der Waals surface area contributed by atoms with E-state index < -0.39 is 6.35 Å². The van der Waals surface area contributed by atoms with Gasteiger partial charge in [0, 0.05) is 32.6 Å². The molecule has 4 heterocycles. The lowest BCUT2D eigenvalue weighted by atomic mass is 10.1. The van der Waals surface area contributed by atoms with Crippen molar-refractivity contribution in [3.63, 3.8) is 0 Å². The second-order valence-corrected chi connectivity index (χ2v) is 11.0. The molecule has 42 heavy (non-hydrogen) atoms. The second-order valence-electron chi connectivity index (χ2n) is 11.0. The van der Waals surface area contributed by atoms with Gasteiger partial charge in [-0.1, -0.05) is 72.8 Å². The molecule has 10 rings (SSSR count). The predicted molar refractivity (Wildman–Crippen MR) is 171 cm³/mol. The van der Waals surface area contributed by atoms with E-state index in [1.54, 1.807) is 0 Å². The molecule has 0 fully saturated rings. The number of aromatic nitrogens is 2. The van der Waals surface area contributed by atoms with Crippen LogP contribution in [-0.2, 0) is 0 Å². The van der Waals surface area contributed by atoms with Crippen LogP contribution in [0.1, 0.15) is 6.35 Å². The number of furan rings is 1. The molecule has 9 aromatic rings. The van der Waals surface area contributed by atoms with Crippen LogP contribution in [0.5, 0.6) is 5.75 Å². The molecule has 198 valence electrons. The maximum atomic E-state index is 6.67. The van der Waals surface area contributed by atoms with E-state index in [9.17, 15) is 0 Å². The van der Waals surface area contributed by atoms with Gasteiger partial charge < -0.3 is 19.0 Å². The molecule has 0 aliphatic carbocycles. The standard InChI is InChI=1S/C37H23N3O2/c1-2-10-22(11-3-1)39-28-15-7-4-12-23(28)26-21-31-27(20-30(26)39)24-13-5-8-16-29(24)40(31)37-38-36-34(42-37)19-18-33-35(36)25-14-6-9-17-32(25)41-33/h1-21,37-38H. The number of hydrogen-bond acceptors (Lipinski definition) is 3. The number of rotatable bonds is 2. The Hall–Kier alpha value is -5.68. The SMILES string of the molecule is c1ccc(-n2c3ccccc3c3cc4c(cc32)c2ccccc2n4C2Nc3c(ccc4oc5ccccc5c34)O2)cc1. The van der Waals surface area contributed by atoms with Crippen LogP contribution < -0.4 is 10.1 Å². The number of hydrogen-bond donors (Lipinski definition) is 1. The molecule has 5 nitrogen and oxygen atoms in total. The molecule has 3 aromatic heterocycles. The zero-order chi connectivity index (χ0) is 27.4. The van der Waals surface area contributed by atoms with Gasteiger partial charge in [0.2, 0.25) is 0 Å². The molecule has 0 saturated carbocycles. The quantitative estimate of drug-likeness (QED) is 0.237. The molecule has 1 unspecified atom stereocenters. The van der Waals surface area contributed by atoms with Gasteiger partial charge in [0.05, 0.1) is 33.1 Å². The summed E-state index contributed by atoms with van der Waals surface area (Å²) in [4.78, 5) is 0. The lowest BCUT2D eigenvalue weighted by molar-refractivity contribution is 0.193. The highest BCUT2D eigenvalue weighted by molar-refractivity contribution is 6.19. The number of benzene rings is 6. The number of fused-ring (bicyclic) bond motifs is 11. The number of ether oxygens (including phenoxy) is 1. The van der Waals surface area contributed by atoms with E-state index in [1.807, 2.05) is 30.3 Å². The Morgan fingerprint density at radius 1 is 0.524 bits per heavy atom. The Bertz CT molecular complexity index is 2530. The van der Waals surface area contributed by atoms with E-state index in [-0.39, 0.29) is 0 Å². The molecule has 0 bridgehead atoms. The van der Waals surface area contributed by atoms with Crippen LogP contribution in [-0.4, -0.2) is 9.13 Å². The molecule has 5 heteroatoms. The number of para-hydroxylation sites is 4. The Labute approximate surface area is 239 Å². The van der Waals surface area contributed by atoms with Gasteiger partial charge in [-0.3, -0.25) is 4.57 Å². The van der Waals surface area contributed by atoms with Crippen LogP contribution in [0.3, 0.4) is 0 Å². The van der Waals surface area contributed by atoms with E-state index in [0.717, 1.165) is 50.1 Å². The van der Waals surface area contributed by atoms with Crippen molar-refractivity contribution in [2.24, 2.45) is 0 Å². The van der Waals surface area contributed by atoms with Crippen molar-refractivity contribution in [1.29, 1.82) is 0 Å². The second kappa shape index (κ2) is 7.95. The minimum absolute atomic E-state index is 0.415. The van der Waals surface area contributed by atoms with Crippen LogP contribution in [0.4, 0.5) is 5.69 Å². The summed E-state index contributed by atoms with van der Waals surface area (Å²) in [6.45, 7) is 0. The highest BCUT2D eigenvalue weighted by Crippen LogP contribution is 2.47. The van der Waals surface area contributed by atoms with Gasteiger partial charge >= 0.3 is 0 Å². The Morgan fingerprint density at radius 2 is 1.19 bits per heavy atom. The minimum atomic E-state index is -0.415. The van der Waals surface area contributed by atoms with Gasteiger partial charge in [-0.15, -0.1) is 0 Å². The molecule has 0 amide bonds. The maximum Gasteiger partial charge on any atom is 0.255 e. The van der Waals surface area contributed by atoms with Gasteiger partial charge in [0.15, 0.2) is 0 Å². The normalized spacial score (nSPS) is 14.8. The molecule has 0 radical (unpaired) electrons. The Morgan fingerprint density at radius 3 is 2.05 bits per heavy atom. The van der Waals surface area contributed by atoms with Crippen LogP contribution in [0.2, 0.25) is 0 Å². The molecule has 1 aliphatic heterocycles. The third kappa shape index (κ3) is 2.82. The maximum absolute atomic E-state index is 6.67. The first-order chi connectivity index (χ1) is 20.8. The third-order valence-electron chi connectivity index (χ3n) is 8.76. The van der Waals surface area contributed by atoms with E-state index in [2.05, 4.69) is 112 Å². The summed E-state index contributed by atoms with van der Waals surface area (Å²) in [6, 6.07) is 44.7. The molecular weight excluding hydrogens is 518 g/mol. The molecule has 0 spiro atoms. The van der Waals surface area contributed by atoms with Crippen LogP contribution in [0, 0.1) is 0 Å². The molecule has 1 N–H and O–H groups in total. The molecule has 1 aliphatic rings. The van der Waals surface area contributed by atoms with Gasteiger partial charge in [-0.2, -0.15) is 0 Å². The van der Waals surface area contributed by atoms with E-state index in [0.29, 0.717) is 0 Å². The lowest BCUT2D eigenvalue weighted by Gasteiger charge is -2.16. The van der Waals surface area contributed by atoms with Crippen molar-refractivity contribution in [2.45, 2.75) is 6.35 Å². The Balaban J connectivity index is 1.25. The largest absolute Gasteiger partial charge is 0.456 e. The number of anilines is 1. The minimum Gasteiger partial charge on any atom is -0.456 e. The van der Waals surface area contributed by atoms with Crippen molar-refractivity contribution in [1.82, 2.24) is 9.13 Å².